The first kappa shape index (κ1) is 22.1. The molecule has 0 saturated heterocycles. The molecule has 3 heterocycles. The van der Waals surface area contributed by atoms with E-state index in [1.54, 1.807) is 24.4 Å². The van der Waals surface area contributed by atoms with E-state index in [1.807, 2.05) is 13.8 Å². The molecule has 8 nitrogen and oxygen atoms in total. The number of nitrogens with one attached hydrogen (secondary N) is 1. The van der Waals surface area contributed by atoms with Gasteiger partial charge in [0.15, 0.2) is 5.65 Å². The normalized spacial score (nSPS) is 12.3. The number of aromatic nitrogens is 4. The Morgan fingerprint density at radius 3 is 2.48 bits per heavy atom. The fourth-order valence-electron chi connectivity index (χ4n) is 3.70. The summed E-state index contributed by atoms with van der Waals surface area (Å²) in [6, 6.07) is 7.04. The van der Waals surface area contributed by atoms with Gasteiger partial charge >= 0.3 is 6.09 Å². The SMILES string of the molecule is CC(C)c1ccc(-c2c(C(Cc3cc(F)cc(F)c3)NC(=O)O)nc3ccnn3c2O)cn1. The van der Waals surface area contributed by atoms with Crippen molar-refractivity contribution >= 4 is 11.7 Å². The zero-order valence-corrected chi connectivity index (χ0v) is 17.8. The van der Waals surface area contributed by atoms with E-state index in [0.717, 1.165) is 23.9 Å². The standard InChI is InChI=1S/C23H21F2N5O3/c1-12(2)17-4-3-14(11-26-17)20-21(29-19-5-6-27-30(19)22(20)31)18(28-23(32)33)9-13-7-15(24)10-16(25)8-13/h3-8,10-12,18,28,31H,9H2,1-2H3,(H,32,33). The number of amides is 1. The van der Waals surface area contributed by atoms with Gasteiger partial charge in [-0.2, -0.15) is 9.61 Å². The molecule has 4 rings (SSSR count). The van der Waals surface area contributed by atoms with Crippen molar-refractivity contribution in [2.75, 3.05) is 0 Å². The first-order valence-electron chi connectivity index (χ1n) is 10.2. The molecule has 10 heteroatoms. The van der Waals surface area contributed by atoms with Gasteiger partial charge in [0, 0.05) is 29.6 Å². The lowest BCUT2D eigenvalue weighted by Gasteiger charge is -2.21. The molecule has 1 unspecified atom stereocenters. The Morgan fingerprint density at radius 1 is 1.15 bits per heavy atom. The van der Waals surface area contributed by atoms with E-state index in [9.17, 15) is 23.8 Å². The van der Waals surface area contributed by atoms with Crippen LogP contribution in [0.25, 0.3) is 16.8 Å². The van der Waals surface area contributed by atoms with Gasteiger partial charge in [0.25, 0.3) is 0 Å². The maximum absolute atomic E-state index is 13.8. The zero-order chi connectivity index (χ0) is 23.7. The number of hydrogen-bond acceptors (Lipinski definition) is 5. The molecular weight excluding hydrogens is 432 g/mol. The molecule has 170 valence electrons. The highest BCUT2D eigenvalue weighted by Gasteiger charge is 2.26. The third kappa shape index (κ3) is 4.59. The van der Waals surface area contributed by atoms with Gasteiger partial charge in [0.05, 0.1) is 23.5 Å². The summed E-state index contributed by atoms with van der Waals surface area (Å²) in [5.41, 5.74) is 2.21. The number of carboxylic acid groups (broad SMARTS) is 1. The monoisotopic (exact) mass is 453 g/mol. The van der Waals surface area contributed by atoms with Crippen molar-refractivity contribution in [3.05, 3.63) is 77.4 Å². The average Bonchev–Trinajstić information content (AvgIpc) is 3.21. The molecule has 0 saturated carbocycles. The Hall–Kier alpha value is -4.08. The number of benzene rings is 1. The van der Waals surface area contributed by atoms with Gasteiger partial charge in [-0.25, -0.2) is 18.6 Å². The molecule has 1 atom stereocenters. The largest absolute Gasteiger partial charge is 0.493 e. The van der Waals surface area contributed by atoms with Crippen LogP contribution < -0.4 is 5.32 Å². The van der Waals surface area contributed by atoms with Crippen LogP contribution in [0.2, 0.25) is 0 Å². The van der Waals surface area contributed by atoms with Crippen LogP contribution in [0.15, 0.2) is 48.8 Å². The highest BCUT2D eigenvalue weighted by molar-refractivity contribution is 5.74. The van der Waals surface area contributed by atoms with Crippen molar-refractivity contribution in [2.45, 2.75) is 32.2 Å². The summed E-state index contributed by atoms with van der Waals surface area (Å²) in [6.07, 6.45) is 1.54. The summed E-state index contributed by atoms with van der Waals surface area (Å²) in [4.78, 5) is 20.5. The van der Waals surface area contributed by atoms with Crippen molar-refractivity contribution in [1.29, 1.82) is 0 Å². The minimum Gasteiger partial charge on any atom is -0.493 e. The second-order valence-electron chi connectivity index (χ2n) is 7.91. The molecule has 0 radical (unpaired) electrons. The van der Waals surface area contributed by atoms with E-state index >= 15 is 0 Å². The van der Waals surface area contributed by atoms with E-state index in [-0.39, 0.29) is 40.7 Å². The molecule has 33 heavy (non-hydrogen) atoms. The summed E-state index contributed by atoms with van der Waals surface area (Å²) in [7, 11) is 0. The van der Waals surface area contributed by atoms with Crippen LogP contribution in [0.1, 0.15) is 42.8 Å². The van der Waals surface area contributed by atoms with Crippen LogP contribution in [0.5, 0.6) is 5.88 Å². The minimum absolute atomic E-state index is 0.109. The van der Waals surface area contributed by atoms with Crippen LogP contribution in [-0.4, -0.2) is 35.9 Å². The summed E-state index contributed by atoms with van der Waals surface area (Å²) >= 11 is 0. The van der Waals surface area contributed by atoms with Crippen LogP contribution >= 0.6 is 0 Å². The maximum atomic E-state index is 13.8. The summed E-state index contributed by atoms with van der Waals surface area (Å²) < 4.78 is 28.8. The third-order valence-electron chi connectivity index (χ3n) is 5.19. The van der Waals surface area contributed by atoms with E-state index in [1.165, 1.54) is 10.7 Å². The number of carbonyl (C=O) groups is 1. The zero-order valence-electron chi connectivity index (χ0n) is 17.8. The highest BCUT2D eigenvalue weighted by Crippen LogP contribution is 2.36. The smallest absolute Gasteiger partial charge is 0.405 e. The van der Waals surface area contributed by atoms with Gasteiger partial charge in [-0.05, 0) is 36.1 Å². The van der Waals surface area contributed by atoms with Gasteiger partial charge in [0.1, 0.15) is 11.6 Å². The van der Waals surface area contributed by atoms with Crippen molar-refractivity contribution in [3.8, 4) is 17.0 Å². The first-order chi connectivity index (χ1) is 15.7. The lowest BCUT2D eigenvalue weighted by Crippen LogP contribution is -2.30. The lowest BCUT2D eigenvalue weighted by atomic mass is 9.96. The number of nitrogens with zero attached hydrogens (tertiary/aromatic N) is 4. The summed E-state index contributed by atoms with van der Waals surface area (Å²) in [6.45, 7) is 3.99. The molecule has 0 fully saturated rings. The van der Waals surface area contributed by atoms with Crippen molar-refractivity contribution < 1.29 is 23.8 Å². The predicted molar refractivity (Wildman–Crippen MR) is 116 cm³/mol. The van der Waals surface area contributed by atoms with Crippen LogP contribution in [0.4, 0.5) is 13.6 Å². The van der Waals surface area contributed by atoms with Gasteiger partial charge in [-0.3, -0.25) is 4.98 Å². The number of hydrogen-bond donors (Lipinski definition) is 3. The molecule has 0 aliphatic carbocycles. The topological polar surface area (TPSA) is 113 Å². The molecule has 0 spiro atoms. The second-order valence-corrected chi connectivity index (χ2v) is 7.91. The van der Waals surface area contributed by atoms with E-state index in [0.29, 0.717) is 5.56 Å². The quantitative estimate of drug-likeness (QED) is 0.398. The van der Waals surface area contributed by atoms with Crippen molar-refractivity contribution in [2.24, 2.45) is 0 Å². The van der Waals surface area contributed by atoms with Crippen molar-refractivity contribution in [3.63, 3.8) is 0 Å². The molecular formula is C23H21F2N5O3. The molecule has 0 bridgehead atoms. The van der Waals surface area contributed by atoms with E-state index in [2.05, 4.69) is 20.4 Å². The molecule has 0 aliphatic rings. The van der Waals surface area contributed by atoms with E-state index < -0.39 is 23.8 Å². The minimum atomic E-state index is -1.36. The number of pyridine rings is 1. The van der Waals surface area contributed by atoms with Gasteiger partial charge in [-0.15, -0.1) is 0 Å². The van der Waals surface area contributed by atoms with Gasteiger partial charge < -0.3 is 15.5 Å². The number of fused-ring (bicyclic) bond motifs is 1. The number of halogens is 2. The highest BCUT2D eigenvalue weighted by atomic mass is 19.1. The van der Waals surface area contributed by atoms with Crippen LogP contribution in [-0.2, 0) is 6.42 Å². The Balaban J connectivity index is 1.90. The van der Waals surface area contributed by atoms with Crippen molar-refractivity contribution in [1.82, 2.24) is 24.9 Å². The molecule has 3 aromatic heterocycles. The average molecular weight is 453 g/mol. The molecule has 0 aliphatic heterocycles. The molecule has 1 amide bonds. The predicted octanol–water partition coefficient (Wildman–Crippen LogP) is 4.45. The molecule has 3 N–H and O–H groups in total. The van der Waals surface area contributed by atoms with Gasteiger partial charge in [-0.1, -0.05) is 19.9 Å². The number of rotatable bonds is 6. The summed E-state index contributed by atoms with van der Waals surface area (Å²) in [5, 5.41) is 26.9. The second kappa shape index (κ2) is 8.81. The Morgan fingerprint density at radius 2 is 1.88 bits per heavy atom. The van der Waals surface area contributed by atoms with E-state index in [4.69, 9.17) is 0 Å². The number of aromatic hydroxyl groups is 1. The molecule has 1 aromatic carbocycles. The Bertz CT molecular complexity index is 1300. The van der Waals surface area contributed by atoms with Crippen LogP contribution in [0, 0.1) is 11.6 Å². The maximum Gasteiger partial charge on any atom is 0.405 e. The lowest BCUT2D eigenvalue weighted by molar-refractivity contribution is 0.189. The van der Waals surface area contributed by atoms with Gasteiger partial charge in [0.2, 0.25) is 5.88 Å². The fourth-order valence-corrected chi connectivity index (χ4v) is 3.70. The Labute approximate surface area is 187 Å². The Kier molecular flexibility index (Phi) is 5.91. The first-order valence-corrected chi connectivity index (χ1v) is 10.2. The van der Waals surface area contributed by atoms with Crippen LogP contribution in [0.3, 0.4) is 0 Å². The fraction of sp³-hybridized carbons (Fsp3) is 0.217. The summed E-state index contributed by atoms with van der Waals surface area (Å²) in [5.74, 6) is -1.64. The molecule has 4 aromatic rings. The third-order valence-corrected chi connectivity index (χ3v) is 5.19.